The molecule has 1 fully saturated rings. The molecule has 3 heteroatoms. The molecule has 2 aliphatic rings. The fourth-order valence-corrected chi connectivity index (χ4v) is 3.18. The summed E-state index contributed by atoms with van der Waals surface area (Å²) >= 11 is 0. The Labute approximate surface area is 108 Å². The van der Waals surface area contributed by atoms with E-state index in [2.05, 4.69) is 12.1 Å². The first-order valence-corrected chi connectivity index (χ1v) is 6.73. The first kappa shape index (κ1) is 12.0. The summed E-state index contributed by atoms with van der Waals surface area (Å²) in [5.74, 6) is 1.40. The average molecular weight is 248 g/mol. The second-order valence-electron chi connectivity index (χ2n) is 5.56. The van der Waals surface area contributed by atoms with E-state index in [0.717, 1.165) is 38.2 Å². The molecule has 1 aromatic rings. The zero-order chi connectivity index (χ0) is 12.4. The smallest absolute Gasteiger partial charge is 0.122 e. The van der Waals surface area contributed by atoms with Crippen molar-refractivity contribution in [3.63, 3.8) is 0 Å². The molecule has 18 heavy (non-hydrogen) atoms. The highest BCUT2D eigenvalue weighted by molar-refractivity contribution is 5.39. The predicted molar refractivity (Wildman–Crippen MR) is 68.9 cm³/mol. The summed E-state index contributed by atoms with van der Waals surface area (Å²) in [5.41, 5.74) is 1.22. The Hall–Kier alpha value is -1.06. The van der Waals surface area contributed by atoms with Gasteiger partial charge in [0.2, 0.25) is 0 Å². The SMILES string of the molecule is OCC1(CC2COc3ccccc32)CCCOC1. The molecular formula is C15H20O3. The van der Waals surface area contributed by atoms with Crippen molar-refractivity contribution in [2.75, 3.05) is 26.4 Å². The minimum Gasteiger partial charge on any atom is -0.493 e. The number of hydrogen-bond donors (Lipinski definition) is 1. The Kier molecular flexibility index (Phi) is 3.27. The molecule has 0 radical (unpaired) electrons. The lowest BCUT2D eigenvalue weighted by Gasteiger charge is -2.37. The van der Waals surface area contributed by atoms with Crippen molar-refractivity contribution >= 4 is 0 Å². The maximum atomic E-state index is 9.73. The van der Waals surface area contributed by atoms with Gasteiger partial charge in [-0.3, -0.25) is 0 Å². The summed E-state index contributed by atoms with van der Waals surface area (Å²) < 4.78 is 11.3. The van der Waals surface area contributed by atoms with Crippen molar-refractivity contribution < 1.29 is 14.6 Å². The van der Waals surface area contributed by atoms with Gasteiger partial charge in [0.05, 0.1) is 19.8 Å². The van der Waals surface area contributed by atoms with Crippen molar-refractivity contribution in [2.45, 2.75) is 25.2 Å². The Bertz CT molecular complexity index is 410. The molecule has 2 atom stereocenters. The molecule has 2 aliphatic heterocycles. The van der Waals surface area contributed by atoms with E-state index in [0.29, 0.717) is 12.5 Å². The molecule has 0 aromatic heterocycles. The number of hydrogen-bond acceptors (Lipinski definition) is 3. The molecule has 0 spiro atoms. The van der Waals surface area contributed by atoms with Crippen LogP contribution in [0.3, 0.4) is 0 Å². The van der Waals surface area contributed by atoms with E-state index in [9.17, 15) is 5.11 Å². The van der Waals surface area contributed by atoms with Crippen LogP contribution in [0.25, 0.3) is 0 Å². The minimum absolute atomic E-state index is 0.0657. The van der Waals surface area contributed by atoms with E-state index < -0.39 is 0 Å². The first-order valence-electron chi connectivity index (χ1n) is 6.73. The third kappa shape index (κ3) is 2.13. The molecule has 0 amide bonds. The van der Waals surface area contributed by atoms with Crippen LogP contribution >= 0.6 is 0 Å². The number of benzene rings is 1. The van der Waals surface area contributed by atoms with Crippen LogP contribution in [0.15, 0.2) is 24.3 Å². The van der Waals surface area contributed by atoms with Gasteiger partial charge in [0.1, 0.15) is 5.75 Å². The summed E-state index contributed by atoms with van der Waals surface area (Å²) in [4.78, 5) is 0. The fourth-order valence-electron chi connectivity index (χ4n) is 3.18. The van der Waals surface area contributed by atoms with Crippen molar-refractivity contribution in [1.82, 2.24) is 0 Å². The molecule has 1 saturated heterocycles. The van der Waals surface area contributed by atoms with E-state index in [-0.39, 0.29) is 12.0 Å². The van der Waals surface area contributed by atoms with Crippen LogP contribution in [0.2, 0.25) is 0 Å². The van der Waals surface area contributed by atoms with Gasteiger partial charge in [-0.15, -0.1) is 0 Å². The van der Waals surface area contributed by atoms with Gasteiger partial charge in [0, 0.05) is 23.5 Å². The summed E-state index contributed by atoms with van der Waals surface area (Å²) in [5, 5.41) is 9.73. The zero-order valence-corrected chi connectivity index (χ0v) is 10.6. The lowest BCUT2D eigenvalue weighted by atomic mass is 9.75. The molecule has 98 valence electrons. The highest BCUT2D eigenvalue weighted by Crippen LogP contribution is 2.43. The Morgan fingerprint density at radius 3 is 3.00 bits per heavy atom. The Balaban J connectivity index is 1.77. The van der Waals surface area contributed by atoms with Crippen LogP contribution in [0.5, 0.6) is 5.75 Å². The number of para-hydroxylation sites is 1. The highest BCUT2D eigenvalue weighted by atomic mass is 16.5. The third-order valence-corrected chi connectivity index (χ3v) is 4.22. The molecule has 0 bridgehead atoms. The molecule has 0 aliphatic carbocycles. The van der Waals surface area contributed by atoms with Gasteiger partial charge in [-0.05, 0) is 25.3 Å². The van der Waals surface area contributed by atoms with E-state index in [1.807, 2.05) is 12.1 Å². The van der Waals surface area contributed by atoms with Gasteiger partial charge >= 0.3 is 0 Å². The second-order valence-corrected chi connectivity index (χ2v) is 5.56. The lowest BCUT2D eigenvalue weighted by molar-refractivity contribution is -0.0470. The van der Waals surface area contributed by atoms with E-state index >= 15 is 0 Å². The van der Waals surface area contributed by atoms with Gasteiger partial charge in [-0.25, -0.2) is 0 Å². The lowest BCUT2D eigenvalue weighted by Crippen LogP contribution is -2.37. The zero-order valence-electron chi connectivity index (χ0n) is 10.6. The predicted octanol–water partition coefficient (Wildman–Crippen LogP) is 2.34. The molecular weight excluding hydrogens is 228 g/mol. The van der Waals surface area contributed by atoms with Gasteiger partial charge in [0.15, 0.2) is 0 Å². The maximum absolute atomic E-state index is 9.73. The number of fused-ring (bicyclic) bond motifs is 1. The van der Waals surface area contributed by atoms with Crippen molar-refractivity contribution in [3.8, 4) is 5.75 Å². The van der Waals surface area contributed by atoms with E-state index in [1.54, 1.807) is 0 Å². The van der Waals surface area contributed by atoms with Crippen LogP contribution < -0.4 is 4.74 Å². The molecule has 3 nitrogen and oxygen atoms in total. The van der Waals surface area contributed by atoms with Crippen LogP contribution in [0, 0.1) is 5.41 Å². The molecule has 1 N–H and O–H groups in total. The van der Waals surface area contributed by atoms with Crippen LogP contribution in [0.4, 0.5) is 0 Å². The average Bonchev–Trinajstić information content (AvgIpc) is 2.83. The minimum atomic E-state index is -0.0657. The summed E-state index contributed by atoms with van der Waals surface area (Å²) in [6.45, 7) is 2.47. The van der Waals surface area contributed by atoms with E-state index in [4.69, 9.17) is 9.47 Å². The monoisotopic (exact) mass is 248 g/mol. The quantitative estimate of drug-likeness (QED) is 0.892. The van der Waals surface area contributed by atoms with Crippen LogP contribution in [0.1, 0.15) is 30.7 Å². The standard InChI is InChI=1S/C15H20O3/c16-10-15(6-3-7-17-11-15)8-12-9-18-14-5-2-1-4-13(12)14/h1-2,4-5,12,16H,3,6-11H2. The largest absolute Gasteiger partial charge is 0.493 e. The molecule has 0 saturated carbocycles. The summed E-state index contributed by atoms with van der Waals surface area (Å²) in [6, 6.07) is 8.23. The number of rotatable bonds is 3. The Morgan fingerprint density at radius 1 is 1.33 bits per heavy atom. The van der Waals surface area contributed by atoms with Crippen molar-refractivity contribution in [2.24, 2.45) is 5.41 Å². The number of aliphatic hydroxyl groups is 1. The number of ether oxygens (including phenoxy) is 2. The fraction of sp³-hybridized carbons (Fsp3) is 0.600. The summed E-state index contributed by atoms with van der Waals surface area (Å²) in [6.07, 6.45) is 3.07. The topological polar surface area (TPSA) is 38.7 Å². The van der Waals surface area contributed by atoms with Crippen molar-refractivity contribution in [3.05, 3.63) is 29.8 Å². The Morgan fingerprint density at radius 2 is 2.22 bits per heavy atom. The molecule has 2 heterocycles. The van der Waals surface area contributed by atoms with Crippen LogP contribution in [-0.2, 0) is 4.74 Å². The summed E-state index contributed by atoms with van der Waals surface area (Å²) in [7, 11) is 0. The maximum Gasteiger partial charge on any atom is 0.122 e. The third-order valence-electron chi connectivity index (χ3n) is 4.22. The van der Waals surface area contributed by atoms with Gasteiger partial charge in [0.25, 0.3) is 0 Å². The highest BCUT2D eigenvalue weighted by Gasteiger charge is 2.37. The first-order chi connectivity index (χ1) is 8.83. The molecule has 3 rings (SSSR count). The van der Waals surface area contributed by atoms with Gasteiger partial charge < -0.3 is 14.6 Å². The molecule has 1 aromatic carbocycles. The van der Waals surface area contributed by atoms with Crippen LogP contribution in [-0.4, -0.2) is 31.5 Å². The van der Waals surface area contributed by atoms with Gasteiger partial charge in [-0.1, -0.05) is 18.2 Å². The number of aliphatic hydroxyl groups excluding tert-OH is 1. The molecule has 2 unspecified atom stereocenters. The van der Waals surface area contributed by atoms with Gasteiger partial charge in [-0.2, -0.15) is 0 Å². The van der Waals surface area contributed by atoms with E-state index in [1.165, 1.54) is 5.56 Å². The second kappa shape index (κ2) is 4.90. The normalized spacial score (nSPS) is 30.8. The van der Waals surface area contributed by atoms with Crippen molar-refractivity contribution in [1.29, 1.82) is 0 Å².